The minimum atomic E-state index is -0.234. The Morgan fingerprint density at radius 1 is 1.36 bits per heavy atom. The number of furan rings is 1. The number of carbonyl (C=O) groups is 1. The van der Waals surface area contributed by atoms with Crippen molar-refractivity contribution in [3.8, 4) is 11.4 Å². The van der Waals surface area contributed by atoms with E-state index in [0.717, 1.165) is 23.4 Å². The van der Waals surface area contributed by atoms with Crippen molar-refractivity contribution in [1.82, 2.24) is 14.8 Å². The lowest BCUT2D eigenvalue weighted by atomic mass is 10.2. The number of hydrogen-bond acceptors (Lipinski definition) is 5. The van der Waals surface area contributed by atoms with E-state index in [0.29, 0.717) is 29.1 Å². The second kappa shape index (κ2) is 7.85. The molecule has 28 heavy (non-hydrogen) atoms. The number of benzene rings is 1. The van der Waals surface area contributed by atoms with Gasteiger partial charge in [0.15, 0.2) is 11.0 Å². The molecular formula is C20H19ClN4O2S. The summed E-state index contributed by atoms with van der Waals surface area (Å²) >= 11 is 7.70. The van der Waals surface area contributed by atoms with Crippen molar-refractivity contribution in [3.05, 3.63) is 60.0 Å². The number of aryl methyl sites for hydroxylation is 1. The van der Waals surface area contributed by atoms with Crippen LogP contribution in [-0.2, 0) is 11.3 Å². The summed E-state index contributed by atoms with van der Waals surface area (Å²) in [6.45, 7) is 6.89. The number of amides is 1. The van der Waals surface area contributed by atoms with Crippen molar-refractivity contribution >= 4 is 35.0 Å². The van der Waals surface area contributed by atoms with Crippen LogP contribution in [0.5, 0.6) is 0 Å². The van der Waals surface area contributed by atoms with E-state index >= 15 is 0 Å². The molecule has 0 saturated carbocycles. The molecule has 1 aromatic carbocycles. The molecule has 0 bridgehead atoms. The Morgan fingerprint density at radius 3 is 2.89 bits per heavy atom. The normalized spacial score (nSPS) is 16.7. The number of rotatable bonds is 6. The predicted octanol–water partition coefficient (Wildman–Crippen LogP) is 4.58. The maximum atomic E-state index is 13.0. The van der Waals surface area contributed by atoms with Gasteiger partial charge in [-0.3, -0.25) is 9.36 Å². The lowest BCUT2D eigenvalue weighted by molar-refractivity contribution is -0.116. The van der Waals surface area contributed by atoms with Crippen LogP contribution < -0.4 is 4.90 Å². The minimum Gasteiger partial charge on any atom is -0.469 e. The maximum Gasteiger partial charge on any atom is 0.240 e. The fourth-order valence-corrected chi connectivity index (χ4v) is 4.61. The van der Waals surface area contributed by atoms with Gasteiger partial charge < -0.3 is 9.32 Å². The third-order valence-corrected chi connectivity index (χ3v) is 6.23. The summed E-state index contributed by atoms with van der Waals surface area (Å²) in [4.78, 5) is 14.7. The lowest BCUT2D eigenvalue weighted by Crippen LogP contribution is -2.28. The van der Waals surface area contributed by atoms with Crippen LogP contribution in [0, 0.1) is 6.92 Å². The van der Waals surface area contributed by atoms with Crippen molar-refractivity contribution < 1.29 is 9.21 Å². The SMILES string of the molecule is C=CCn1c(SC2CCN(c3ccccc3Cl)C2=O)nnc1-c1ccoc1C. The smallest absolute Gasteiger partial charge is 0.240 e. The molecule has 4 rings (SSSR count). The van der Waals surface area contributed by atoms with Gasteiger partial charge in [0.25, 0.3) is 0 Å². The van der Waals surface area contributed by atoms with Gasteiger partial charge in [-0.05, 0) is 31.5 Å². The molecule has 144 valence electrons. The number of carbonyl (C=O) groups excluding carboxylic acids is 1. The number of thioether (sulfide) groups is 1. The van der Waals surface area contributed by atoms with E-state index in [1.807, 2.05) is 35.8 Å². The first-order chi connectivity index (χ1) is 13.6. The van der Waals surface area contributed by atoms with Crippen LogP contribution in [0.4, 0.5) is 5.69 Å². The number of halogens is 1. The molecule has 0 N–H and O–H groups in total. The summed E-state index contributed by atoms with van der Waals surface area (Å²) in [6, 6.07) is 9.27. The van der Waals surface area contributed by atoms with Gasteiger partial charge in [0, 0.05) is 13.1 Å². The predicted molar refractivity (Wildman–Crippen MR) is 111 cm³/mol. The lowest BCUT2D eigenvalue weighted by Gasteiger charge is -2.18. The highest BCUT2D eigenvalue weighted by molar-refractivity contribution is 8.00. The molecule has 6 nitrogen and oxygen atoms in total. The molecule has 3 aromatic rings. The summed E-state index contributed by atoms with van der Waals surface area (Å²) in [5.41, 5.74) is 1.64. The first-order valence-electron chi connectivity index (χ1n) is 8.91. The van der Waals surface area contributed by atoms with Crippen molar-refractivity contribution in [2.45, 2.75) is 30.3 Å². The highest BCUT2D eigenvalue weighted by Gasteiger charge is 2.35. The molecule has 1 unspecified atom stereocenters. The maximum absolute atomic E-state index is 13.0. The molecule has 0 radical (unpaired) electrons. The second-order valence-corrected chi connectivity index (χ2v) is 8.01. The number of anilines is 1. The first-order valence-corrected chi connectivity index (χ1v) is 10.2. The average molecular weight is 415 g/mol. The van der Waals surface area contributed by atoms with Crippen molar-refractivity contribution in [2.24, 2.45) is 0 Å². The Balaban J connectivity index is 1.59. The molecule has 1 aliphatic heterocycles. The van der Waals surface area contributed by atoms with E-state index in [2.05, 4.69) is 16.8 Å². The highest BCUT2D eigenvalue weighted by atomic mass is 35.5. The molecule has 3 heterocycles. The monoisotopic (exact) mass is 414 g/mol. The van der Waals surface area contributed by atoms with Gasteiger partial charge in [-0.1, -0.05) is 41.6 Å². The summed E-state index contributed by atoms with van der Waals surface area (Å²) in [5, 5.41) is 9.70. The van der Waals surface area contributed by atoms with Gasteiger partial charge in [-0.25, -0.2) is 0 Å². The molecule has 1 amide bonds. The van der Waals surface area contributed by atoms with E-state index in [9.17, 15) is 4.79 Å². The number of nitrogens with zero attached hydrogens (tertiary/aromatic N) is 4. The Morgan fingerprint density at radius 2 is 2.18 bits per heavy atom. The number of hydrogen-bond donors (Lipinski definition) is 0. The standard InChI is InChI=1S/C20H19ClN4O2S/c1-3-10-25-18(14-9-12-27-13(14)2)22-23-20(25)28-17-8-11-24(19(17)26)16-7-5-4-6-15(16)21/h3-7,9,12,17H,1,8,10-11H2,2H3. The Hall–Kier alpha value is -2.51. The summed E-state index contributed by atoms with van der Waals surface area (Å²) < 4.78 is 7.36. The first kappa shape index (κ1) is 18.8. The van der Waals surface area contributed by atoms with Crippen LogP contribution in [0.2, 0.25) is 5.02 Å². The summed E-state index contributed by atoms with van der Waals surface area (Å²) in [6.07, 6.45) is 4.14. The minimum absolute atomic E-state index is 0.0345. The van der Waals surface area contributed by atoms with E-state index in [4.69, 9.17) is 16.0 Å². The molecule has 0 spiro atoms. The third-order valence-electron chi connectivity index (χ3n) is 4.68. The molecule has 1 saturated heterocycles. The zero-order valence-corrected chi connectivity index (χ0v) is 16.9. The quantitative estimate of drug-likeness (QED) is 0.552. The van der Waals surface area contributed by atoms with Crippen LogP contribution >= 0.6 is 23.4 Å². The molecule has 1 aliphatic rings. The average Bonchev–Trinajstić information content (AvgIpc) is 3.37. The van der Waals surface area contributed by atoms with Crippen LogP contribution in [0.25, 0.3) is 11.4 Å². The Labute approximate surface area is 172 Å². The molecule has 2 aromatic heterocycles. The molecule has 8 heteroatoms. The van der Waals surface area contributed by atoms with Crippen molar-refractivity contribution in [1.29, 1.82) is 0 Å². The zero-order valence-electron chi connectivity index (χ0n) is 15.3. The zero-order chi connectivity index (χ0) is 19.7. The van der Waals surface area contributed by atoms with Crippen molar-refractivity contribution in [3.63, 3.8) is 0 Å². The molecule has 1 fully saturated rings. The van der Waals surface area contributed by atoms with E-state index in [1.165, 1.54) is 11.8 Å². The van der Waals surface area contributed by atoms with Gasteiger partial charge in [0.05, 0.1) is 27.8 Å². The van der Waals surface area contributed by atoms with Crippen LogP contribution in [0.3, 0.4) is 0 Å². The van der Waals surface area contributed by atoms with Crippen LogP contribution in [0.1, 0.15) is 12.2 Å². The van der Waals surface area contributed by atoms with E-state index in [1.54, 1.807) is 23.3 Å². The summed E-state index contributed by atoms with van der Waals surface area (Å²) in [5.74, 6) is 1.52. The van der Waals surface area contributed by atoms with Crippen LogP contribution in [0.15, 0.2) is 58.8 Å². The number of para-hydroxylation sites is 1. The van der Waals surface area contributed by atoms with E-state index in [-0.39, 0.29) is 11.2 Å². The van der Waals surface area contributed by atoms with Gasteiger partial charge in [-0.15, -0.1) is 16.8 Å². The Kier molecular flexibility index (Phi) is 5.28. The molecular weight excluding hydrogens is 396 g/mol. The fourth-order valence-electron chi connectivity index (χ4n) is 3.29. The highest BCUT2D eigenvalue weighted by Crippen LogP contribution is 2.36. The second-order valence-electron chi connectivity index (χ2n) is 6.43. The Bertz CT molecular complexity index is 1030. The summed E-state index contributed by atoms with van der Waals surface area (Å²) in [7, 11) is 0. The van der Waals surface area contributed by atoms with Gasteiger partial charge in [0.2, 0.25) is 5.91 Å². The number of allylic oxidation sites excluding steroid dienone is 1. The van der Waals surface area contributed by atoms with Gasteiger partial charge >= 0.3 is 0 Å². The third kappa shape index (κ3) is 3.36. The largest absolute Gasteiger partial charge is 0.469 e. The number of aromatic nitrogens is 3. The molecule has 1 atom stereocenters. The van der Waals surface area contributed by atoms with Gasteiger partial charge in [-0.2, -0.15) is 0 Å². The topological polar surface area (TPSA) is 64.2 Å². The fraction of sp³-hybridized carbons (Fsp3) is 0.250. The van der Waals surface area contributed by atoms with E-state index < -0.39 is 0 Å². The van der Waals surface area contributed by atoms with Gasteiger partial charge in [0.1, 0.15) is 5.76 Å². The molecule has 0 aliphatic carbocycles. The van der Waals surface area contributed by atoms with Crippen molar-refractivity contribution in [2.75, 3.05) is 11.4 Å². The van der Waals surface area contributed by atoms with Crippen LogP contribution in [-0.4, -0.2) is 32.5 Å².